The van der Waals surface area contributed by atoms with Crippen LogP contribution in [-0.4, -0.2) is 0 Å². The summed E-state index contributed by atoms with van der Waals surface area (Å²) in [5.74, 6) is 0. The molecule has 0 unspecified atom stereocenters. The molecule has 0 saturated carbocycles. The van der Waals surface area contributed by atoms with E-state index in [1.165, 1.54) is 6.55 Å². The zero-order valence-electron chi connectivity index (χ0n) is 5.54. The van der Waals surface area contributed by atoms with E-state index in [4.69, 9.17) is 1.37 Å². The largest absolute Gasteiger partial charge is 0.0985 e. The van der Waals surface area contributed by atoms with Crippen LogP contribution in [-0.2, 0) is 0 Å². The molecule has 40 valence electrons. The molecule has 0 fully saturated rings. The predicted octanol–water partition coefficient (Wildman–Crippen LogP) is 2.33. The van der Waals surface area contributed by atoms with Crippen molar-refractivity contribution in [3.63, 3.8) is 0 Å². The third kappa shape index (κ3) is 0.969. The third-order valence-corrected chi connectivity index (χ3v) is 0.992. The Kier molecular flexibility index (Phi) is 1.13. The zero-order valence-corrected chi connectivity index (χ0v) is 4.54. The lowest BCUT2D eigenvalue weighted by Crippen LogP contribution is -1.63. The summed E-state index contributed by atoms with van der Waals surface area (Å²) in [4.78, 5) is 0. The predicted molar refractivity (Wildman–Crippen MR) is 36.5 cm³/mol. The van der Waals surface area contributed by atoms with Crippen LogP contribution in [0.25, 0.3) is 6.08 Å². The van der Waals surface area contributed by atoms with Gasteiger partial charge in [-0.15, -0.1) is 0 Å². The van der Waals surface area contributed by atoms with Gasteiger partial charge in [-0.2, -0.15) is 0 Å². The highest BCUT2D eigenvalue weighted by molar-refractivity contribution is 5.45. The second kappa shape index (κ2) is 2.31. The summed E-state index contributed by atoms with van der Waals surface area (Å²) in [7, 11) is 0. The smallest absolute Gasteiger partial charge is 0.0538 e. The highest BCUT2D eigenvalue weighted by Crippen LogP contribution is 1.97. The van der Waals surface area contributed by atoms with Crippen molar-refractivity contribution in [1.82, 2.24) is 0 Å². The molecule has 0 radical (unpaired) electrons. The van der Waals surface area contributed by atoms with Gasteiger partial charge in [0, 0.05) is 0 Å². The Bertz CT molecular complexity index is 189. The van der Waals surface area contributed by atoms with Gasteiger partial charge in [-0.1, -0.05) is 43.0 Å². The van der Waals surface area contributed by atoms with Gasteiger partial charge in [-0.25, -0.2) is 0 Å². The molecule has 1 rings (SSSR count). The van der Waals surface area contributed by atoms with E-state index in [0.717, 1.165) is 5.56 Å². The van der Waals surface area contributed by atoms with Gasteiger partial charge in [-0.3, -0.25) is 0 Å². The van der Waals surface area contributed by atoms with E-state index in [-0.39, 0.29) is 0 Å². The quantitative estimate of drug-likeness (QED) is 0.515. The number of benzene rings is 1. The van der Waals surface area contributed by atoms with E-state index < -0.39 is 0 Å². The van der Waals surface area contributed by atoms with Crippen molar-refractivity contribution in [2.45, 2.75) is 0 Å². The molecule has 8 heavy (non-hydrogen) atoms. The molecule has 0 aliphatic rings. The highest BCUT2D eigenvalue weighted by atomic mass is 13.8. The van der Waals surface area contributed by atoms with Crippen LogP contribution in [0.5, 0.6) is 0 Å². The molecule has 1 aromatic rings. The van der Waals surface area contributed by atoms with Gasteiger partial charge in [0.05, 0.1) is 1.37 Å². The Labute approximate surface area is 50.9 Å². The average Bonchev–Trinajstić information content (AvgIpc) is 1.91. The minimum Gasteiger partial charge on any atom is -0.0985 e. The second-order valence-electron chi connectivity index (χ2n) is 1.58. The molecule has 0 heteroatoms. The van der Waals surface area contributed by atoms with Crippen LogP contribution in [0.1, 0.15) is 6.93 Å². The minimum atomic E-state index is 1.08. The van der Waals surface area contributed by atoms with Crippen LogP contribution >= 0.6 is 0 Å². The monoisotopic (exact) mass is 106 g/mol. The Morgan fingerprint density at radius 2 is 2.12 bits per heavy atom. The van der Waals surface area contributed by atoms with E-state index in [1.807, 2.05) is 30.3 Å². The SMILES string of the molecule is [3H]C=Cc1ccccc1. The molecule has 0 spiro atoms. The van der Waals surface area contributed by atoms with E-state index in [0.29, 0.717) is 0 Å². The van der Waals surface area contributed by atoms with Crippen molar-refractivity contribution >= 4 is 6.08 Å². The fourth-order valence-corrected chi connectivity index (χ4v) is 0.564. The van der Waals surface area contributed by atoms with Gasteiger partial charge in [-0.05, 0) is 5.56 Å². The molecular formula is C8H8. The van der Waals surface area contributed by atoms with Crippen LogP contribution in [0.2, 0.25) is 0 Å². The van der Waals surface area contributed by atoms with Crippen molar-refractivity contribution in [3.05, 3.63) is 42.5 Å². The summed E-state index contributed by atoms with van der Waals surface area (Å²) in [6, 6.07) is 9.79. The lowest BCUT2D eigenvalue weighted by molar-refractivity contribution is 1.67. The summed E-state index contributed by atoms with van der Waals surface area (Å²) in [6.07, 6.45) is 1.75. The van der Waals surface area contributed by atoms with Crippen molar-refractivity contribution in [2.24, 2.45) is 0 Å². The molecule has 0 aliphatic heterocycles. The molecule has 0 atom stereocenters. The van der Waals surface area contributed by atoms with Crippen LogP contribution < -0.4 is 0 Å². The molecule has 0 N–H and O–H groups in total. The molecule has 0 saturated heterocycles. The molecule has 0 nitrogen and oxygen atoms in total. The molecular weight excluding hydrogens is 96.1 g/mol. The van der Waals surface area contributed by atoms with Gasteiger partial charge in [0.1, 0.15) is 0 Å². The highest BCUT2D eigenvalue weighted by Gasteiger charge is 1.75. The Hall–Kier alpha value is -1.04. The van der Waals surface area contributed by atoms with Gasteiger partial charge in [0.25, 0.3) is 0 Å². The summed E-state index contributed by atoms with van der Waals surface area (Å²) in [6.45, 7) is 1.29. The maximum Gasteiger partial charge on any atom is 0.0538 e. The normalized spacial score (nSPS) is 11.8. The summed E-state index contributed by atoms with van der Waals surface area (Å²) in [5.41, 5.74) is 1.08. The van der Waals surface area contributed by atoms with Gasteiger partial charge in [0.2, 0.25) is 0 Å². The molecule has 0 aromatic heterocycles. The van der Waals surface area contributed by atoms with Crippen LogP contribution in [0.4, 0.5) is 0 Å². The zero-order chi connectivity index (χ0) is 6.53. The lowest BCUT2D eigenvalue weighted by Gasteiger charge is -1.85. The number of rotatable bonds is 1. The standard InChI is InChI=1S/C8H8/c1-2-8-6-4-3-5-7-8/h2-7H,1H2/i1T. The van der Waals surface area contributed by atoms with E-state index in [9.17, 15) is 0 Å². The first kappa shape index (κ1) is 3.90. The van der Waals surface area contributed by atoms with Crippen molar-refractivity contribution < 1.29 is 1.37 Å². The van der Waals surface area contributed by atoms with Crippen molar-refractivity contribution in [2.75, 3.05) is 0 Å². The first-order chi connectivity index (χ1) is 4.43. The summed E-state index contributed by atoms with van der Waals surface area (Å²) < 4.78 is 6.76. The topological polar surface area (TPSA) is 0 Å². The molecule has 0 heterocycles. The number of hydrogen-bond acceptors (Lipinski definition) is 0. The van der Waals surface area contributed by atoms with Crippen LogP contribution in [0.15, 0.2) is 36.9 Å². The Morgan fingerprint density at radius 1 is 1.38 bits per heavy atom. The van der Waals surface area contributed by atoms with Crippen LogP contribution in [0, 0.1) is 0 Å². The summed E-state index contributed by atoms with van der Waals surface area (Å²) >= 11 is 0. The maximum atomic E-state index is 6.76. The van der Waals surface area contributed by atoms with E-state index in [1.54, 1.807) is 6.08 Å². The summed E-state index contributed by atoms with van der Waals surface area (Å²) in [5, 5.41) is 0. The third-order valence-electron chi connectivity index (χ3n) is 0.992. The fraction of sp³-hybridized carbons (Fsp3) is 0. The molecule has 0 bridgehead atoms. The maximum absolute atomic E-state index is 6.76. The first-order valence-electron chi connectivity index (χ1n) is 3.11. The molecule has 0 amide bonds. The second-order valence-corrected chi connectivity index (χ2v) is 1.58. The first-order valence-corrected chi connectivity index (χ1v) is 2.53. The average molecular weight is 106 g/mol. The molecule has 0 aliphatic carbocycles. The fourth-order valence-electron chi connectivity index (χ4n) is 0.564. The van der Waals surface area contributed by atoms with Gasteiger partial charge in [0.15, 0.2) is 0 Å². The Balaban J connectivity index is 2.85. The lowest BCUT2D eigenvalue weighted by atomic mass is 10.2. The van der Waals surface area contributed by atoms with Gasteiger partial charge < -0.3 is 0 Å². The number of hydrogen-bond donors (Lipinski definition) is 0. The van der Waals surface area contributed by atoms with Crippen molar-refractivity contribution in [1.29, 1.82) is 0 Å². The van der Waals surface area contributed by atoms with Crippen LogP contribution in [0.3, 0.4) is 0 Å². The van der Waals surface area contributed by atoms with E-state index >= 15 is 0 Å². The van der Waals surface area contributed by atoms with Crippen molar-refractivity contribution in [3.8, 4) is 0 Å². The van der Waals surface area contributed by atoms with E-state index in [2.05, 4.69) is 0 Å². The Morgan fingerprint density at radius 3 is 2.75 bits per heavy atom. The molecule has 1 aromatic carbocycles. The van der Waals surface area contributed by atoms with Gasteiger partial charge >= 0.3 is 0 Å². The minimum absolute atomic E-state index is 1.08.